The van der Waals surface area contributed by atoms with Crippen molar-refractivity contribution in [3.05, 3.63) is 22.4 Å². The lowest BCUT2D eigenvalue weighted by Crippen LogP contribution is -2.41. The first-order valence-corrected chi connectivity index (χ1v) is 7.44. The monoisotopic (exact) mass is 344 g/mol. The van der Waals surface area contributed by atoms with E-state index in [4.69, 9.17) is 14.0 Å². The van der Waals surface area contributed by atoms with Crippen molar-refractivity contribution in [3.8, 4) is 5.75 Å². The number of hydrogen-bond donors (Lipinski definition) is 0. The summed E-state index contributed by atoms with van der Waals surface area (Å²) < 4.78 is 32.3. The lowest BCUT2D eigenvalue weighted by molar-refractivity contribution is 0.00578. The van der Waals surface area contributed by atoms with E-state index in [-0.39, 0.29) is 5.75 Å². The Kier molecular flexibility index (Phi) is 4.20. The highest BCUT2D eigenvalue weighted by Gasteiger charge is 2.52. The van der Waals surface area contributed by atoms with Crippen LogP contribution in [0.1, 0.15) is 34.6 Å². The van der Waals surface area contributed by atoms with Gasteiger partial charge in [0.2, 0.25) is 0 Å². The standard InChI is InChI=1S/C14H19BBrFO3/c1-6-18-11-8-9(16)7-10(12(11)17)15-19-13(2,3)14(4,5)20-15/h7-8H,6H2,1-5H3. The number of rotatable bonds is 3. The summed E-state index contributed by atoms with van der Waals surface area (Å²) in [6, 6.07) is 3.27. The van der Waals surface area contributed by atoms with E-state index < -0.39 is 24.1 Å². The lowest BCUT2D eigenvalue weighted by Gasteiger charge is -2.32. The molecule has 0 aromatic heterocycles. The van der Waals surface area contributed by atoms with E-state index >= 15 is 0 Å². The smallest absolute Gasteiger partial charge is 0.491 e. The van der Waals surface area contributed by atoms with Crippen LogP contribution in [0.15, 0.2) is 16.6 Å². The summed E-state index contributed by atoms with van der Waals surface area (Å²) in [6.07, 6.45) is 0. The van der Waals surface area contributed by atoms with Crippen molar-refractivity contribution in [2.24, 2.45) is 0 Å². The Morgan fingerprint density at radius 3 is 2.25 bits per heavy atom. The molecule has 1 aromatic rings. The van der Waals surface area contributed by atoms with Gasteiger partial charge >= 0.3 is 7.12 Å². The number of hydrogen-bond acceptors (Lipinski definition) is 3. The molecule has 20 heavy (non-hydrogen) atoms. The fourth-order valence-electron chi connectivity index (χ4n) is 1.99. The van der Waals surface area contributed by atoms with Crippen molar-refractivity contribution in [2.45, 2.75) is 45.8 Å². The quantitative estimate of drug-likeness (QED) is 0.787. The molecule has 6 heteroatoms. The average Bonchev–Trinajstić information content (AvgIpc) is 2.53. The third-order valence-electron chi connectivity index (χ3n) is 3.84. The van der Waals surface area contributed by atoms with Crippen LogP contribution in [0.4, 0.5) is 4.39 Å². The van der Waals surface area contributed by atoms with Crippen LogP contribution in [0.25, 0.3) is 0 Å². The van der Waals surface area contributed by atoms with Crippen LogP contribution in [0.3, 0.4) is 0 Å². The maximum Gasteiger partial charge on any atom is 0.498 e. The van der Waals surface area contributed by atoms with Gasteiger partial charge in [-0.05, 0) is 46.8 Å². The molecular weight excluding hydrogens is 326 g/mol. The Bertz CT molecular complexity index is 503. The van der Waals surface area contributed by atoms with Crippen molar-refractivity contribution in [3.63, 3.8) is 0 Å². The predicted molar refractivity (Wildman–Crippen MR) is 81.0 cm³/mol. The van der Waals surface area contributed by atoms with E-state index in [1.807, 2.05) is 34.6 Å². The molecule has 0 aliphatic carbocycles. The predicted octanol–water partition coefficient (Wildman–Crippen LogP) is 3.29. The summed E-state index contributed by atoms with van der Waals surface area (Å²) in [4.78, 5) is 0. The molecule has 1 aliphatic heterocycles. The van der Waals surface area contributed by atoms with Gasteiger partial charge in [-0.15, -0.1) is 0 Å². The van der Waals surface area contributed by atoms with Gasteiger partial charge in [0, 0.05) is 9.94 Å². The molecule has 0 radical (unpaired) electrons. The molecule has 1 heterocycles. The summed E-state index contributed by atoms with van der Waals surface area (Å²) in [7, 11) is -0.739. The summed E-state index contributed by atoms with van der Waals surface area (Å²) in [6.45, 7) is 9.96. The SMILES string of the molecule is CCOc1cc(Br)cc(B2OC(C)(C)C(C)(C)O2)c1F. The fraction of sp³-hybridized carbons (Fsp3) is 0.571. The fourth-order valence-corrected chi connectivity index (χ4v) is 2.44. The van der Waals surface area contributed by atoms with Crippen LogP contribution in [0.2, 0.25) is 0 Å². The summed E-state index contributed by atoms with van der Waals surface area (Å²) >= 11 is 3.36. The van der Waals surface area contributed by atoms with Gasteiger partial charge in [0.25, 0.3) is 0 Å². The Balaban J connectivity index is 2.40. The minimum atomic E-state index is -0.739. The van der Waals surface area contributed by atoms with E-state index in [0.717, 1.165) is 4.47 Å². The molecule has 2 rings (SSSR count). The Labute approximate surface area is 128 Å². The highest BCUT2D eigenvalue weighted by atomic mass is 79.9. The third kappa shape index (κ3) is 2.74. The molecule has 110 valence electrons. The second kappa shape index (κ2) is 5.32. The molecule has 0 saturated carbocycles. The number of ether oxygens (including phenoxy) is 1. The lowest BCUT2D eigenvalue weighted by atomic mass is 9.78. The minimum Gasteiger partial charge on any atom is -0.491 e. The maximum absolute atomic E-state index is 14.5. The van der Waals surface area contributed by atoms with Crippen molar-refractivity contribution in [2.75, 3.05) is 6.61 Å². The van der Waals surface area contributed by atoms with Crippen LogP contribution in [-0.2, 0) is 9.31 Å². The zero-order valence-corrected chi connectivity index (χ0v) is 14.0. The van der Waals surface area contributed by atoms with Gasteiger partial charge < -0.3 is 14.0 Å². The van der Waals surface area contributed by atoms with E-state index in [1.54, 1.807) is 12.1 Å². The first kappa shape index (κ1) is 15.8. The molecule has 0 bridgehead atoms. The minimum absolute atomic E-state index is 0.201. The zero-order valence-electron chi connectivity index (χ0n) is 12.4. The van der Waals surface area contributed by atoms with Crippen LogP contribution in [-0.4, -0.2) is 24.9 Å². The van der Waals surface area contributed by atoms with E-state index in [0.29, 0.717) is 12.1 Å². The Hall–Kier alpha value is -0.585. The largest absolute Gasteiger partial charge is 0.498 e. The van der Waals surface area contributed by atoms with Crippen LogP contribution in [0, 0.1) is 5.82 Å². The summed E-state index contributed by atoms with van der Waals surface area (Å²) in [5, 5.41) is 0. The highest BCUT2D eigenvalue weighted by molar-refractivity contribution is 9.10. The van der Waals surface area contributed by atoms with Gasteiger partial charge in [-0.3, -0.25) is 0 Å². The first-order chi connectivity index (χ1) is 9.18. The Morgan fingerprint density at radius 1 is 1.20 bits per heavy atom. The van der Waals surface area contributed by atoms with Crippen molar-refractivity contribution in [1.29, 1.82) is 0 Å². The van der Waals surface area contributed by atoms with Crippen molar-refractivity contribution in [1.82, 2.24) is 0 Å². The average molecular weight is 345 g/mol. The van der Waals surface area contributed by atoms with Gasteiger partial charge in [0.05, 0.1) is 17.8 Å². The van der Waals surface area contributed by atoms with Gasteiger partial charge in [-0.25, -0.2) is 4.39 Å². The van der Waals surface area contributed by atoms with E-state index in [1.165, 1.54) is 0 Å². The molecule has 1 aliphatic rings. The van der Waals surface area contributed by atoms with Crippen LogP contribution >= 0.6 is 15.9 Å². The van der Waals surface area contributed by atoms with Gasteiger partial charge in [-0.2, -0.15) is 0 Å². The third-order valence-corrected chi connectivity index (χ3v) is 4.30. The molecule has 0 N–H and O–H groups in total. The van der Waals surface area contributed by atoms with E-state index in [2.05, 4.69) is 15.9 Å². The molecule has 0 amide bonds. The molecular formula is C14H19BBrFO3. The molecule has 1 aromatic carbocycles. The number of benzene rings is 1. The Morgan fingerprint density at radius 2 is 1.75 bits per heavy atom. The maximum atomic E-state index is 14.5. The van der Waals surface area contributed by atoms with Gasteiger partial charge in [-0.1, -0.05) is 15.9 Å². The van der Waals surface area contributed by atoms with Crippen LogP contribution < -0.4 is 10.2 Å². The summed E-state index contributed by atoms with van der Waals surface area (Å²) in [5.41, 5.74) is -0.655. The molecule has 0 unspecified atom stereocenters. The first-order valence-electron chi connectivity index (χ1n) is 6.65. The molecule has 3 nitrogen and oxygen atoms in total. The van der Waals surface area contributed by atoms with Gasteiger partial charge in [0.1, 0.15) is 0 Å². The molecule has 1 fully saturated rings. The number of halogens is 2. The highest BCUT2D eigenvalue weighted by Crippen LogP contribution is 2.37. The van der Waals surface area contributed by atoms with Crippen LogP contribution in [0.5, 0.6) is 5.75 Å². The second-order valence-corrected chi connectivity index (χ2v) is 6.74. The molecule has 0 atom stereocenters. The normalized spacial score (nSPS) is 20.2. The van der Waals surface area contributed by atoms with Crippen molar-refractivity contribution >= 4 is 28.5 Å². The van der Waals surface area contributed by atoms with Crippen molar-refractivity contribution < 1.29 is 18.4 Å². The second-order valence-electron chi connectivity index (χ2n) is 5.83. The molecule has 1 saturated heterocycles. The van der Waals surface area contributed by atoms with E-state index in [9.17, 15) is 4.39 Å². The zero-order chi connectivity index (χ0) is 15.1. The molecule has 0 spiro atoms. The summed E-state index contributed by atoms with van der Waals surface area (Å²) in [5.74, 6) is -0.236. The van der Waals surface area contributed by atoms with Gasteiger partial charge in [0.15, 0.2) is 11.6 Å². The topological polar surface area (TPSA) is 27.7 Å².